The summed E-state index contributed by atoms with van der Waals surface area (Å²) in [6, 6.07) is 3.66. The zero-order chi connectivity index (χ0) is 13.3. The first-order valence-electron chi connectivity index (χ1n) is 6.20. The van der Waals surface area contributed by atoms with Crippen LogP contribution in [0.15, 0.2) is 12.1 Å². The van der Waals surface area contributed by atoms with Gasteiger partial charge in [0.05, 0.1) is 4.88 Å². The largest absolute Gasteiger partial charge is 0.477 e. The van der Waals surface area contributed by atoms with Gasteiger partial charge >= 0.3 is 5.97 Å². The SMILES string of the molecule is CCC1CCC(C)N1C(=O)c1ccc(C(=O)O)s1. The summed E-state index contributed by atoms with van der Waals surface area (Å²) in [5.74, 6) is -0.995. The van der Waals surface area contributed by atoms with Gasteiger partial charge in [0.15, 0.2) is 0 Å². The highest BCUT2D eigenvalue weighted by Crippen LogP contribution is 2.29. The molecule has 2 unspecified atom stereocenters. The van der Waals surface area contributed by atoms with Crippen molar-refractivity contribution in [3.05, 3.63) is 21.9 Å². The molecule has 0 saturated carbocycles. The number of rotatable bonds is 3. The molecular formula is C13H17NO3S. The van der Waals surface area contributed by atoms with Gasteiger partial charge in [-0.1, -0.05) is 6.92 Å². The Morgan fingerprint density at radius 1 is 1.39 bits per heavy atom. The maximum Gasteiger partial charge on any atom is 0.345 e. The lowest BCUT2D eigenvalue weighted by Crippen LogP contribution is -2.39. The minimum absolute atomic E-state index is 0.0237. The zero-order valence-corrected chi connectivity index (χ0v) is 11.4. The standard InChI is InChI=1S/C13H17NO3S/c1-3-9-5-4-8(2)14(9)12(15)10-6-7-11(18-10)13(16)17/h6-9H,3-5H2,1-2H3,(H,16,17). The minimum Gasteiger partial charge on any atom is -0.477 e. The van der Waals surface area contributed by atoms with Crippen LogP contribution in [-0.4, -0.2) is 34.0 Å². The number of thiophene rings is 1. The van der Waals surface area contributed by atoms with Crippen molar-refractivity contribution in [2.24, 2.45) is 0 Å². The highest BCUT2D eigenvalue weighted by Gasteiger charge is 2.34. The van der Waals surface area contributed by atoms with E-state index in [0.717, 1.165) is 30.6 Å². The summed E-state index contributed by atoms with van der Waals surface area (Å²) < 4.78 is 0. The van der Waals surface area contributed by atoms with E-state index in [9.17, 15) is 9.59 Å². The van der Waals surface area contributed by atoms with Gasteiger partial charge in [0.2, 0.25) is 0 Å². The molecule has 1 aliphatic rings. The second-order valence-corrected chi connectivity index (χ2v) is 5.75. The molecule has 1 aromatic heterocycles. The quantitative estimate of drug-likeness (QED) is 0.916. The third kappa shape index (κ3) is 2.27. The van der Waals surface area contributed by atoms with E-state index < -0.39 is 5.97 Å². The summed E-state index contributed by atoms with van der Waals surface area (Å²) in [6.45, 7) is 4.14. The van der Waals surface area contributed by atoms with E-state index in [0.29, 0.717) is 10.9 Å². The number of hydrogen-bond donors (Lipinski definition) is 1. The molecule has 1 aliphatic heterocycles. The van der Waals surface area contributed by atoms with Gasteiger partial charge in [-0.3, -0.25) is 4.79 Å². The van der Waals surface area contributed by atoms with Crippen LogP contribution in [0.1, 0.15) is 52.5 Å². The number of carboxylic acid groups (broad SMARTS) is 1. The second-order valence-electron chi connectivity index (χ2n) is 4.67. The van der Waals surface area contributed by atoms with Gasteiger partial charge in [-0.05, 0) is 38.3 Å². The number of aromatic carboxylic acids is 1. The minimum atomic E-state index is -0.972. The molecule has 5 heteroatoms. The van der Waals surface area contributed by atoms with Crippen LogP contribution in [-0.2, 0) is 0 Å². The van der Waals surface area contributed by atoms with Gasteiger partial charge in [0.25, 0.3) is 5.91 Å². The number of hydrogen-bond acceptors (Lipinski definition) is 3. The molecule has 98 valence electrons. The van der Waals surface area contributed by atoms with E-state index in [4.69, 9.17) is 5.11 Å². The first kappa shape index (κ1) is 13.1. The Bertz CT molecular complexity index is 469. The van der Waals surface area contributed by atoms with Gasteiger partial charge in [-0.25, -0.2) is 4.79 Å². The normalized spacial score (nSPS) is 23.3. The first-order chi connectivity index (χ1) is 8.54. The lowest BCUT2D eigenvalue weighted by Gasteiger charge is -2.27. The van der Waals surface area contributed by atoms with Crippen LogP contribution in [0, 0.1) is 0 Å². The Balaban J connectivity index is 2.21. The van der Waals surface area contributed by atoms with E-state index in [-0.39, 0.29) is 16.8 Å². The third-order valence-electron chi connectivity index (χ3n) is 3.52. The van der Waals surface area contributed by atoms with Crippen molar-refractivity contribution in [1.82, 2.24) is 4.90 Å². The fraction of sp³-hybridized carbons (Fsp3) is 0.538. The van der Waals surface area contributed by atoms with Crippen molar-refractivity contribution >= 4 is 23.2 Å². The van der Waals surface area contributed by atoms with E-state index in [1.807, 2.05) is 4.90 Å². The van der Waals surface area contributed by atoms with Crippen molar-refractivity contribution in [3.8, 4) is 0 Å². The fourth-order valence-corrected chi connectivity index (χ4v) is 3.32. The average Bonchev–Trinajstić information content (AvgIpc) is 2.94. The van der Waals surface area contributed by atoms with E-state index in [1.165, 1.54) is 6.07 Å². The van der Waals surface area contributed by atoms with Crippen LogP contribution in [0.25, 0.3) is 0 Å². The molecule has 1 saturated heterocycles. The number of likely N-dealkylation sites (tertiary alicyclic amines) is 1. The predicted molar refractivity (Wildman–Crippen MR) is 70.2 cm³/mol. The molecule has 0 bridgehead atoms. The molecule has 0 aliphatic carbocycles. The van der Waals surface area contributed by atoms with Gasteiger partial charge < -0.3 is 10.0 Å². The van der Waals surface area contributed by atoms with E-state index in [2.05, 4.69) is 13.8 Å². The lowest BCUT2D eigenvalue weighted by molar-refractivity contribution is 0.0679. The molecule has 18 heavy (non-hydrogen) atoms. The Hall–Kier alpha value is -1.36. The maximum absolute atomic E-state index is 12.4. The predicted octanol–water partition coefficient (Wildman–Crippen LogP) is 2.85. The number of carbonyl (C=O) groups is 2. The van der Waals surface area contributed by atoms with Crippen molar-refractivity contribution < 1.29 is 14.7 Å². The Kier molecular flexibility index (Phi) is 3.71. The van der Waals surface area contributed by atoms with Gasteiger partial charge in [0, 0.05) is 12.1 Å². The molecule has 2 rings (SSSR count). The van der Waals surface area contributed by atoms with Crippen molar-refractivity contribution in [1.29, 1.82) is 0 Å². The molecular weight excluding hydrogens is 250 g/mol. The Labute approximate surface area is 110 Å². The number of amides is 1. The van der Waals surface area contributed by atoms with Crippen LogP contribution >= 0.6 is 11.3 Å². The molecule has 1 amide bonds. The van der Waals surface area contributed by atoms with Gasteiger partial charge in [-0.15, -0.1) is 11.3 Å². The summed E-state index contributed by atoms with van der Waals surface area (Å²) in [5, 5.41) is 8.88. The van der Waals surface area contributed by atoms with Gasteiger partial charge in [0.1, 0.15) is 4.88 Å². The fourth-order valence-electron chi connectivity index (χ4n) is 2.53. The molecule has 1 fully saturated rings. The smallest absolute Gasteiger partial charge is 0.345 e. The highest BCUT2D eigenvalue weighted by atomic mass is 32.1. The van der Waals surface area contributed by atoms with Crippen molar-refractivity contribution in [3.63, 3.8) is 0 Å². The molecule has 0 radical (unpaired) electrons. The molecule has 2 atom stereocenters. The van der Waals surface area contributed by atoms with Crippen molar-refractivity contribution in [2.75, 3.05) is 0 Å². The van der Waals surface area contributed by atoms with Crippen LogP contribution in [0.3, 0.4) is 0 Å². The van der Waals surface area contributed by atoms with E-state index in [1.54, 1.807) is 6.07 Å². The summed E-state index contributed by atoms with van der Waals surface area (Å²) in [5.41, 5.74) is 0. The molecule has 0 aromatic carbocycles. The van der Waals surface area contributed by atoms with Crippen LogP contribution in [0.4, 0.5) is 0 Å². The Morgan fingerprint density at radius 2 is 2.06 bits per heavy atom. The summed E-state index contributed by atoms with van der Waals surface area (Å²) in [4.78, 5) is 25.9. The molecule has 4 nitrogen and oxygen atoms in total. The second kappa shape index (κ2) is 5.10. The molecule has 0 spiro atoms. The molecule has 1 N–H and O–H groups in total. The third-order valence-corrected chi connectivity index (χ3v) is 4.58. The zero-order valence-electron chi connectivity index (χ0n) is 10.5. The summed E-state index contributed by atoms with van der Waals surface area (Å²) in [6.07, 6.45) is 3.02. The monoisotopic (exact) mass is 267 g/mol. The highest BCUT2D eigenvalue weighted by molar-refractivity contribution is 7.15. The van der Waals surface area contributed by atoms with Crippen LogP contribution in [0.5, 0.6) is 0 Å². The average molecular weight is 267 g/mol. The number of carboxylic acids is 1. The number of carbonyl (C=O) groups excluding carboxylic acids is 1. The number of nitrogens with zero attached hydrogens (tertiary/aromatic N) is 1. The van der Waals surface area contributed by atoms with Crippen LogP contribution < -0.4 is 0 Å². The first-order valence-corrected chi connectivity index (χ1v) is 7.02. The summed E-state index contributed by atoms with van der Waals surface area (Å²) in [7, 11) is 0. The molecule has 2 heterocycles. The molecule has 1 aromatic rings. The lowest BCUT2D eigenvalue weighted by atomic mass is 10.1. The topological polar surface area (TPSA) is 57.6 Å². The summed E-state index contributed by atoms with van der Waals surface area (Å²) >= 11 is 1.06. The maximum atomic E-state index is 12.4. The van der Waals surface area contributed by atoms with E-state index >= 15 is 0 Å². The Morgan fingerprint density at radius 3 is 2.61 bits per heavy atom. The van der Waals surface area contributed by atoms with Crippen LogP contribution in [0.2, 0.25) is 0 Å². The van der Waals surface area contributed by atoms with Crippen molar-refractivity contribution in [2.45, 2.75) is 45.2 Å². The van der Waals surface area contributed by atoms with Gasteiger partial charge in [-0.2, -0.15) is 0 Å².